The van der Waals surface area contributed by atoms with Gasteiger partial charge < -0.3 is 0 Å². The third-order valence-electron chi connectivity index (χ3n) is 1.78. The summed E-state index contributed by atoms with van der Waals surface area (Å²) in [5.41, 5.74) is 2.74. The maximum absolute atomic E-state index is 5.24. The predicted molar refractivity (Wildman–Crippen MR) is 45.5 cm³/mol. The van der Waals surface area contributed by atoms with Crippen LogP contribution in [-0.4, -0.2) is 6.04 Å². The molecule has 0 aliphatic heterocycles. The molecule has 0 saturated carbocycles. The lowest BCUT2D eigenvalue weighted by molar-refractivity contribution is 0.495. The summed E-state index contributed by atoms with van der Waals surface area (Å²) in [7, 11) is 0. The average molecular weight is 144 g/mol. The summed E-state index contributed by atoms with van der Waals surface area (Å²) in [5.74, 6) is 5.24. The third kappa shape index (κ3) is 6.05. The highest BCUT2D eigenvalue weighted by molar-refractivity contribution is 4.54. The first-order valence-electron chi connectivity index (χ1n) is 4.27. The minimum Gasteiger partial charge on any atom is -0.271 e. The van der Waals surface area contributed by atoms with E-state index in [1.54, 1.807) is 0 Å². The molecule has 0 saturated heterocycles. The average Bonchev–Trinajstić information content (AvgIpc) is 1.98. The fourth-order valence-electron chi connectivity index (χ4n) is 0.961. The Morgan fingerprint density at radius 3 is 2.50 bits per heavy atom. The van der Waals surface area contributed by atoms with Gasteiger partial charge in [0, 0.05) is 6.04 Å². The van der Waals surface area contributed by atoms with Crippen LogP contribution in [0.15, 0.2) is 0 Å². The predicted octanol–water partition coefficient (Wildman–Crippen LogP) is 1.81. The molecule has 0 rings (SSSR count). The quantitative estimate of drug-likeness (QED) is 0.339. The van der Waals surface area contributed by atoms with E-state index in [4.69, 9.17) is 5.84 Å². The van der Waals surface area contributed by atoms with E-state index in [-0.39, 0.29) is 0 Å². The number of rotatable bonds is 6. The van der Waals surface area contributed by atoms with Crippen molar-refractivity contribution < 1.29 is 0 Å². The van der Waals surface area contributed by atoms with Gasteiger partial charge in [-0.2, -0.15) is 0 Å². The van der Waals surface area contributed by atoms with E-state index in [1.807, 2.05) is 0 Å². The Morgan fingerprint density at radius 2 is 2.00 bits per heavy atom. The van der Waals surface area contributed by atoms with Crippen molar-refractivity contribution in [2.75, 3.05) is 0 Å². The highest BCUT2D eigenvalue weighted by atomic mass is 15.2. The molecule has 0 aliphatic carbocycles. The fourth-order valence-corrected chi connectivity index (χ4v) is 0.961. The van der Waals surface area contributed by atoms with Crippen molar-refractivity contribution in [1.82, 2.24) is 5.43 Å². The van der Waals surface area contributed by atoms with Crippen molar-refractivity contribution >= 4 is 0 Å². The monoisotopic (exact) mass is 144 g/mol. The second kappa shape index (κ2) is 7.03. The molecule has 62 valence electrons. The first kappa shape index (κ1) is 9.92. The minimum atomic E-state index is 0.483. The minimum absolute atomic E-state index is 0.483. The topological polar surface area (TPSA) is 38.0 Å². The summed E-state index contributed by atoms with van der Waals surface area (Å²) in [6, 6.07) is 0.483. The Kier molecular flexibility index (Phi) is 6.98. The van der Waals surface area contributed by atoms with Crippen molar-refractivity contribution in [3.05, 3.63) is 0 Å². The van der Waals surface area contributed by atoms with Gasteiger partial charge in [-0.15, -0.1) is 0 Å². The summed E-state index contributed by atoms with van der Waals surface area (Å²) in [6.07, 6.45) is 6.53. The molecule has 3 N–H and O–H groups in total. The Bertz CT molecular complexity index is 64.3. The van der Waals surface area contributed by atoms with Crippen molar-refractivity contribution in [3.8, 4) is 0 Å². The molecule has 0 aromatic carbocycles. The van der Waals surface area contributed by atoms with Gasteiger partial charge in [-0.05, 0) is 13.3 Å². The Labute approximate surface area is 64.2 Å². The normalized spacial score (nSPS) is 13.5. The molecule has 0 spiro atoms. The van der Waals surface area contributed by atoms with E-state index >= 15 is 0 Å². The molecule has 2 heteroatoms. The largest absolute Gasteiger partial charge is 0.271 e. The van der Waals surface area contributed by atoms with Gasteiger partial charge in [-0.1, -0.05) is 32.6 Å². The SMILES string of the molecule is CCCCCC[C@H](C)NN. The summed E-state index contributed by atoms with van der Waals surface area (Å²) in [4.78, 5) is 0. The van der Waals surface area contributed by atoms with Crippen LogP contribution in [0.25, 0.3) is 0 Å². The zero-order chi connectivity index (χ0) is 7.82. The van der Waals surface area contributed by atoms with Gasteiger partial charge in [-0.25, -0.2) is 0 Å². The van der Waals surface area contributed by atoms with E-state index in [1.165, 1.54) is 32.1 Å². The van der Waals surface area contributed by atoms with Gasteiger partial charge in [0.1, 0.15) is 0 Å². The lowest BCUT2D eigenvalue weighted by atomic mass is 10.1. The maximum Gasteiger partial charge on any atom is 0.0182 e. The van der Waals surface area contributed by atoms with Gasteiger partial charge >= 0.3 is 0 Å². The van der Waals surface area contributed by atoms with Gasteiger partial charge in [-0.3, -0.25) is 11.3 Å². The molecule has 0 unspecified atom stereocenters. The number of hydrazine groups is 1. The second-order valence-electron chi connectivity index (χ2n) is 2.92. The van der Waals surface area contributed by atoms with E-state index < -0.39 is 0 Å². The molecular weight excluding hydrogens is 124 g/mol. The van der Waals surface area contributed by atoms with Crippen LogP contribution in [0, 0.1) is 0 Å². The van der Waals surface area contributed by atoms with Crippen LogP contribution in [0.2, 0.25) is 0 Å². The highest BCUT2D eigenvalue weighted by Gasteiger charge is 1.96. The highest BCUT2D eigenvalue weighted by Crippen LogP contribution is 2.03. The van der Waals surface area contributed by atoms with Crippen LogP contribution in [0.1, 0.15) is 46.0 Å². The van der Waals surface area contributed by atoms with Crippen LogP contribution in [0.3, 0.4) is 0 Å². The van der Waals surface area contributed by atoms with E-state index in [2.05, 4.69) is 19.3 Å². The molecule has 0 aliphatic rings. The molecule has 2 nitrogen and oxygen atoms in total. The Balaban J connectivity index is 2.89. The number of hydrogen-bond acceptors (Lipinski definition) is 2. The van der Waals surface area contributed by atoms with Crippen LogP contribution in [0.4, 0.5) is 0 Å². The number of nitrogens with one attached hydrogen (secondary N) is 1. The molecule has 0 aromatic heterocycles. The van der Waals surface area contributed by atoms with Gasteiger partial charge in [0.15, 0.2) is 0 Å². The Hall–Kier alpha value is -0.0800. The fraction of sp³-hybridized carbons (Fsp3) is 1.00. The molecule has 0 fully saturated rings. The van der Waals surface area contributed by atoms with Crippen LogP contribution in [-0.2, 0) is 0 Å². The number of unbranched alkanes of at least 4 members (excludes halogenated alkanes) is 3. The molecular formula is C8H20N2. The van der Waals surface area contributed by atoms with Crippen molar-refractivity contribution in [3.63, 3.8) is 0 Å². The van der Waals surface area contributed by atoms with Gasteiger partial charge in [0.2, 0.25) is 0 Å². The maximum atomic E-state index is 5.24. The first-order chi connectivity index (χ1) is 4.81. The second-order valence-corrected chi connectivity index (χ2v) is 2.92. The molecule has 0 radical (unpaired) electrons. The number of hydrogen-bond donors (Lipinski definition) is 2. The Morgan fingerprint density at radius 1 is 1.30 bits per heavy atom. The smallest absolute Gasteiger partial charge is 0.0182 e. The molecule has 0 amide bonds. The summed E-state index contributed by atoms with van der Waals surface area (Å²) < 4.78 is 0. The lowest BCUT2D eigenvalue weighted by Gasteiger charge is -2.07. The van der Waals surface area contributed by atoms with E-state index in [9.17, 15) is 0 Å². The number of nitrogens with two attached hydrogens (primary N) is 1. The van der Waals surface area contributed by atoms with Crippen LogP contribution < -0.4 is 11.3 Å². The van der Waals surface area contributed by atoms with Crippen molar-refractivity contribution in [2.45, 2.75) is 52.0 Å². The van der Waals surface area contributed by atoms with Crippen molar-refractivity contribution in [1.29, 1.82) is 0 Å². The zero-order valence-corrected chi connectivity index (χ0v) is 7.19. The van der Waals surface area contributed by atoms with Gasteiger partial charge in [0.25, 0.3) is 0 Å². The van der Waals surface area contributed by atoms with E-state index in [0.717, 1.165) is 0 Å². The lowest BCUT2D eigenvalue weighted by Crippen LogP contribution is -2.32. The summed E-state index contributed by atoms with van der Waals surface area (Å²) in [6.45, 7) is 4.34. The first-order valence-corrected chi connectivity index (χ1v) is 4.27. The molecule has 10 heavy (non-hydrogen) atoms. The summed E-state index contributed by atoms with van der Waals surface area (Å²) >= 11 is 0. The van der Waals surface area contributed by atoms with Crippen molar-refractivity contribution in [2.24, 2.45) is 5.84 Å². The molecule has 0 aromatic rings. The van der Waals surface area contributed by atoms with Gasteiger partial charge in [0.05, 0.1) is 0 Å². The molecule has 0 heterocycles. The molecule has 1 atom stereocenters. The van der Waals surface area contributed by atoms with E-state index in [0.29, 0.717) is 6.04 Å². The molecule has 0 bridgehead atoms. The van der Waals surface area contributed by atoms with Crippen LogP contribution in [0.5, 0.6) is 0 Å². The third-order valence-corrected chi connectivity index (χ3v) is 1.78. The summed E-state index contributed by atoms with van der Waals surface area (Å²) in [5, 5.41) is 0. The van der Waals surface area contributed by atoms with Crippen LogP contribution >= 0.6 is 0 Å². The zero-order valence-electron chi connectivity index (χ0n) is 7.19. The standard InChI is InChI=1S/C8H20N2/c1-3-4-5-6-7-8(2)10-9/h8,10H,3-7,9H2,1-2H3/t8-/m0/s1.